The Morgan fingerprint density at radius 2 is 1.89 bits per heavy atom. The number of nitrogen functional groups attached to an aromatic ring is 1. The fourth-order valence-corrected chi connectivity index (χ4v) is 1.73. The Bertz CT molecular complexity index is 429. The predicted molar refractivity (Wildman–Crippen MR) is 72.8 cm³/mol. The molecule has 1 amide bonds. The number of nitrogens with two attached hydrogens (primary N) is 1. The van der Waals surface area contributed by atoms with Crippen LogP contribution in [0.4, 0.5) is 5.82 Å². The number of pyridine rings is 1. The zero-order valence-corrected chi connectivity index (χ0v) is 11.3. The molecule has 4 N–H and O–H groups in total. The van der Waals surface area contributed by atoms with Crippen LogP contribution in [0.25, 0.3) is 0 Å². The Morgan fingerprint density at radius 1 is 1.32 bits per heavy atom. The summed E-state index contributed by atoms with van der Waals surface area (Å²) in [5.74, 6) is 0.195. The number of anilines is 1. The first kappa shape index (κ1) is 15.4. The van der Waals surface area contributed by atoms with Crippen molar-refractivity contribution in [3.05, 3.63) is 23.4 Å². The van der Waals surface area contributed by atoms with Crippen LogP contribution in [0.2, 0.25) is 0 Å². The van der Waals surface area contributed by atoms with Crippen molar-refractivity contribution in [3.8, 4) is 0 Å². The molecule has 0 saturated heterocycles. The summed E-state index contributed by atoms with van der Waals surface area (Å²) in [5, 5.41) is 17.9. The number of hydrogen-bond donors (Lipinski definition) is 3. The average molecular weight is 267 g/mol. The van der Waals surface area contributed by atoms with E-state index in [1.807, 2.05) is 13.8 Å². The molecule has 1 aromatic heterocycles. The zero-order chi connectivity index (χ0) is 14.4. The third-order valence-electron chi connectivity index (χ3n) is 2.73. The highest BCUT2D eigenvalue weighted by atomic mass is 16.3. The van der Waals surface area contributed by atoms with Crippen molar-refractivity contribution in [1.29, 1.82) is 0 Å². The van der Waals surface area contributed by atoms with E-state index in [9.17, 15) is 4.79 Å². The van der Waals surface area contributed by atoms with Gasteiger partial charge in [0.25, 0.3) is 5.91 Å². The van der Waals surface area contributed by atoms with Gasteiger partial charge in [0.05, 0.1) is 13.2 Å². The number of rotatable bonds is 6. The molecule has 6 nitrogen and oxygen atoms in total. The van der Waals surface area contributed by atoms with Gasteiger partial charge in [0.15, 0.2) is 0 Å². The fourth-order valence-electron chi connectivity index (χ4n) is 1.73. The Kier molecular flexibility index (Phi) is 5.72. The highest BCUT2D eigenvalue weighted by Crippen LogP contribution is 2.17. The molecule has 0 aliphatic carbocycles. The molecule has 1 aromatic rings. The monoisotopic (exact) mass is 267 g/mol. The molecule has 19 heavy (non-hydrogen) atoms. The van der Waals surface area contributed by atoms with E-state index in [1.165, 1.54) is 11.0 Å². The molecule has 6 heteroatoms. The number of aliphatic hydroxyl groups is 2. The fraction of sp³-hybridized carbons (Fsp3) is 0.538. The molecular weight excluding hydrogens is 246 g/mol. The van der Waals surface area contributed by atoms with Crippen LogP contribution in [-0.4, -0.2) is 52.3 Å². The minimum absolute atomic E-state index is 0.149. The summed E-state index contributed by atoms with van der Waals surface area (Å²) in [5.41, 5.74) is 6.88. The molecule has 0 atom stereocenters. The molecule has 1 heterocycles. The summed E-state index contributed by atoms with van der Waals surface area (Å²) < 4.78 is 0. The van der Waals surface area contributed by atoms with E-state index >= 15 is 0 Å². The number of nitrogens with zero attached hydrogens (tertiary/aromatic N) is 2. The summed E-state index contributed by atoms with van der Waals surface area (Å²) in [7, 11) is 0. The van der Waals surface area contributed by atoms with Crippen molar-refractivity contribution in [2.75, 3.05) is 32.0 Å². The number of aliphatic hydroxyl groups excluding tert-OH is 2. The summed E-state index contributed by atoms with van der Waals surface area (Å²) in [6.07, 6.45) is 0. The lowest BCUT2D eigenvalue weighted by Gasteiger charge is -2.21. The molecule has 0 radical (unpaired) electrons. The molecule has 0 unspecified atom stereocenters. The second-order valence-electron chi connectivity index (χ2n) is 4.60. The van der Waals surface area contributed by atoms with Crippen molar-refractivity contribution >= 4 is 11.7 Å². The Balaban J connectivity index is 3.02. The van der Waals surface area contributed by atoms with Crippen LogP contribution >= 0.6 is 0 Å². The lowest BCUT2D eigenvalue weighted by atomic mass is 10.1. The maximum absolute atomic E-state index is 12.3. The van der Waals surface area contributed by atoms with Gasteiger partial charge in [-0.25, -0.2) is 4.98 Å². The molecule has 1 rings (SSSR count). The first-order chi connectivity index (χ1) is 8.99. The minimum atomic E-state index is -0.265. The van der Waals surface area contributed by atoms with Crippen LogP contribution in [-0.2, 0) is 0 Å². The van der Waals surface area contributed by atoms with Gasteiger partial charge in [-0.2, -0.15) is 0 Å². The van der Waals surface area contributed by atoms with Gasteiger partial charge in [-0.1, -0.05) is 13.8 Å². The smallest absolute Gasteiger partial charge is 0.254 e. The quantitative estimate of drug-likeness (QED) is 0.684. The van der Waals surface area contributed by atoms with Crippen molar-refractivity contribution in [2.24, 2.45) is 0 Å². The first-order valence-electron chi connectivity index (χ1n) is 6.28. The van der Waals surface area contributed by atoms with Crippen LogP contribution in [0.15, 0.2) is 12.1 Å². The zero-order valence-electron chi connectivity index (χ0n) is 11.3. The second kappa shape index (κ2) is 7.06. The largest absolute Gasteiger partial charge is 0.395 e. The van der Waals surface area contributed by atoms with Gasteiger partial charge in [-0.15, -0.1) is 0 Å². The number of carbonyl (C=O) groups is 1. The molecule has 0 aliphatic rings. The van der Waals surface area contributed by atoms with Gasteiger partial charge in [0.2, 0.25) is 0 Å². The summed E-state index contributed by atoms with van der Waals surface area (Å²) >= 11 is 0. The van der Waals surface area contributed by atoms with Crippen molar-refractivity contribution in [3.63, 3.8) is 0 Å². The normalized spacial score (nSPS) is 10.8. The van der Waals surface area contributed by atoms with Crippen molar-refractivity contribution < 1.29 is 15.0 Å². The van der Waals surface area contributed by atoms with E-state index in [0.717, 1.165) is 5.69 Å². The van der Waals surface area contributed by atoms with E-state index in [2.05, 4.69) is 4.98 Å². The Hall–Kier alpha value is -1.66. The molecule has 0 aliphatic heterocycles. The van der Waals surface area contributed by atoms with E-state index in [4.69, 9.17) is 15.9 Å². The molecule has 0 aromatic carbocycles. The predicted octanol–water partition coefficient (Wildman–Crippen LogP) is 0.214. The highest BCUT2D eigenvalue weighted by Gasteiger charge is 2.17. The molecular formula is C13H21N3O3. The highest BCUT2D eigenvalue weighted by molar-refractivity contribution is 5.95. The first-order valence-corrected chi connectivity index (χ1v) is 6.28. The van der Waals surface area contributed by atoms with Gasteiger partial charge >= 0.3 is 0 Å². The second-order valence-corrected chi connectivity index (χ2v) is 4.60. The van der Waals surface area contributed by atoms with Gasteiger partial charge in [-0.05, 0) is 18.1 Å². The number of carbonyl (C=O) groups excluding carboxylic acids is 1. The molecule has 0 bridgehead atoms. The van der Waals surface area contributed by atoms with Gasteiger partial charge in [0.1, 0.15) is 5.82 Å². The van der Waals surface area contributed by atoms with Gasteiger partial charge in [-0.3, -0.25) is 4.79 Å². The Labute approximate surface area is 112 Å². The number of hydrogen-bond acceptors (Lipinski definition) is 5. The minimum Gasteiger partial charge on any atom is -0.395 e. The lowest BCUT2D eigenvalue weighted by molar-refractivity contribution is 0.0684. The third kappa shape index (κ3) is 4.18. The SMILES string of the molecule is CC(C)c1cc(C(=O)N(CCO)CCO)cc(N)n1. The lowest BCUT2D eigenvalue weighted by Crippen LogP contribution is -2.36. The molecule has 106 valence electrons. The number of aromatic nitrogens is 1. The van der Waals surface area contributed by atoms with Crippen LogP contribution in [0, 0.1) is 0 Å². The topological polar surface area (TPSA) is 99.7 Å². The van der Waals surface area contributed by atoms with E-state index in [0.29, 0.717) is 11.4 Å². The third-order valence-corrected chi connectivity index (χ3v) is 2.73. The maximum Gasteiger partial charge on any atom is 0.254 e. The summed E-state index contributed by atoms with van der Waals surface area (Å²) in [4.78, 5) is 17.8. The van der Waals surface area contributed by atoms with E-state index in [1.54, 1.807) is 6.07 Å². The van der Waals surface area contributed by atoms with Crippen LogP contribution in [0.1, 0.15) is 35.8 Å². The molecule has 0 saturated carbocycles. The summed E-state index contributed by atoms with van der Waals surface area (Å²) in [6.45, 7) is 3.99. The molecule has 0 spiro atoms. The van der Waals surface area contributed by atoms with Crippen molar-refractivity contribution in [1.82, 2.24) is 9.88 Å². The number of amides is 1. The standard InChI is InChI=1S/C13H21N3O3/c1-9(2)11-7-10(8-12(14)15-11)13(19)16(3-5-17)4-6-18/h7-9,17-18H,3-6H2,1-2H3,(H2,14,15). The average Bonchev–Trinajstić information content (AvgIpc) is 2.37. The van der Waals surface area contributed by atoms with Crippen LogP contribution in [0.5, 0.6) is 0 Å². The van der Waals surface area contributed by atoms with E-state index in [-0.39, 0.29) is 38.1 Å². The maximum atomic E-state index is 12.3. The van der Waals surface area contributed by atoms with Gasteiger partial charge < -0.3 is 20.8 Å². The van der Waals surface area contributed by atoms with Crippen molar-refractivity contribution in [2.45, 2.75) is 19.8 Å². The molecule has 0 fully saturated rings. The summed E-state index contributed by atoms with van der Waals surface area (Å²) in [6, 6.07) is 3.21. The van der Waals surface area contributed by atoms with Gasteiger partial charge in [0, 0.05) is 24.3 Å². The van der Waals surface area contributed by atoms with E-state index < -0.39 is 0 Å². The van der Waals surface area contributed by atoms with Crippen LogP contribution < -0.4 is 5.73 Å². The Morgan fingerprint density at radius 3 is 2.37 bits per heavy atom. The van der Waals surface area contributed by atoms with Crippen LogP contribution in [0.3, 0.4) is 0 Å².